The van der Waals surface area contributed by atoms with Crippen molar-refractivity contribution >= 4 is 17.6 Å². The topological polar surface area (TPSA) is 61.5 Å². The van der Waals surface area contributed by atoms with Crippen molar-refractivity contribution in [2.45, 2.75) is 25.7 Å². The molecule has 0 saturated heterocycles. The van der Waals surface area contributed by atoms with Gasteiger partial charge in [-0.2, -0.15) is 0 Å². The van der Waals surface area contributed by atoms with E-state index in [1.807, 2.05) is 0 Å². The first-order valence-electron chi connectivity index (χ1n) is 5.69. The molecule has 0 saturated carbocycles. The molecule has 0 amide bonds. The smallest absolute Gasteiger partial charge is 0.465 e. The van der Waals surface area contributed by atoms with Gasteiger partial charge in [0.15, 0.2) is 0 Å². The Labute approximate surface area is 118 Å². The molecule has 1 aromatic rings. The first-order valence-corrected chi connectivity index (χ1v) is 6.07. The van der Waals surface area contributed by atoms with Crippen LogP contribution >= 0.6 is 11.6 Å². The molecule has 1 aromatic carbocycles. The number of nitrogens with two attached hydrogens (primary N) is 1. The molecular formula is C12H13ClF3NO3. The zero-order chi connectivity index (χ0) is 15.3. The normalized spacial score (nSPS) is 12.9. The molecule has 0 bridgehead atoms. The highest BCUT2D eigenvalue weighted by Crippen LogP contribution is 2.30. The van der Waals surface area contributed by atoms with Gasteiger partial charge >= 0.3 is 12.3 Å². The highest BCUT2D eigenvalue weighted by Gasteiger charge is 2.32. The molecule has 0 aliphatic heterocycles. The van der Waals surface area contributed by atoms with E-state index in [0.29, 0.717) is 5.56 Å². The maximum absolute atomic E-state index is 12.1. The third-order valence-corrected chi connectivity index (χ3v) is 2.56. The van der Waals surface area contributed by atoms with Crippen molar-refractivity contribution in [3.05, 3.63) is 28.8 Å². The summed E-state index contributed by atoms with van der Waals surface area (Å²) >= 11 is 5.68. The lowest BCUT2D eigenvalue weighted by molar-refractivity contribution is -0.274. The van der Waals surface area contributed by atoms with E-state index in [0.717, 1.165) is 6.07 Å². The minimum atomic E-state index is -4.81. The zero-order valence-electron chi connectivity index (χ0n) is 10.5. The van der Waals surface area contributed by atoms with Crippen LogP contribution in [-0.2, 0) is 16.0 Å². The minimum Gasteiger partial charge on any atom is -0.465 e. The van der Waals surface area contributed by atoms with Crippen molar-refractivity contribution < 1.29 is 27.4 Å². The SMILES string of the molecule is CCOC(=O)C(N)Cc1ccc(OC(F)(F)F)c(Cl)c1. The summed E-state index contributed by atoms with van der Waals surface area (Å²) in [4.78, 5) is 11.3. The molecule has 0 aliphatic rings. The predicted molar refractivity (Wildman–Crippen MR) is 66.4 cm³/mol. The van der Waals surface area contributed by atoms with Gasteiger partial charge in [-0.1, -0.05) is 17.7 Å². The van der Waals surface area contributed by atoms with Crippen molar-refractivity contribution in [1.82, 2.24) is 0 Å². The fraction of sp³-hybridized carbons (Fsp3) is 0.417. The van der Waals surface area contributed by atoms with Gasteiger partial charge in [-0.25, -0.2) is 0 Å². The zero-order valence-corrected chi connectivity index (χ0v) is 11.3. The van der Waals surface area contributed by atoms with E-state index >= 15 is 0 Å². The highest BCUT2D eigenvalue weighted by atomic mass is 35.5. The molecule has 0 aromatic heterocycles. The van der Waals surface area contributed by atoms with Gasteiger partial charge in [-0.15, -0.1) is 13.2 Å². The first-order chi connectivity index (χ1) is 9.23. The van der Waals surface area contributed by atoms with Crippen LogP contribution in [0, 0.1) is 0 Å². The second-order valence-electron chi connectivity index (χ2n) is 3.88. The van der Waals surface area contributed by atoms with Crippen molar-refractivity contribution in [1.29, 1.82) is 0 Å². The van der Waals surface area contributed by atoms with Crippen LogP contribution in [0.3, 0.4) is 0 Å². The summed E-state index contributed by atoms with van der Waals surface area (Å²) in [6.07, 6.45) is -4.71. The van der Waals surface area contributed by atoms with E-state index in [1.54, 1.807) is 6.92 Å². The van der Waals surface area contributed by atoms with Crippen LogP contribution in [0.5, 0.6) is 5.75 Å². The lowest BCUT2D eigenvalue weighted by Gasteiger charge is -2.13. The quantitative estimate of drug-likeness (QED) is 0.849. The molecule has 0 heterocycles. The number of ether oxygens (including phenoxy) is 2. The number of carbonyl (C=O) groups excluding carboxylic acids is 1. The Bertz CT molecular complexity index is 480. The van der Waals surface area contributed by atoms with Crippen LogP contribution in [0.15, 0.2) is 18.2 Å². The van der Waals surface area contributed by atoms with E-state index in [4.69, 9.17) is 22.1 Å². The van der Waals surface area contributed by atoms with Gasteiger partial charge in [0, 0.05) is 0 Å². The molecule has 1 atom stereocenters. The van der Waals surface area contributed by atoms with Gasteiger partial charge in [-0.3, -0.25) is 4.79 Å². The number of rotatable bonds is 5. The van der Waals surface area contributed by atoms with E-state index in [1.165, 1.54) is 12.1 Å². The van der Waals surface area contributed by atoms with Crippen molar-refractivity contribution in [3.63, 3.8) is 0 Å². The van der Waals surface area contributed by atoms with Crippen molar-refractivity contribution in [3.8, 4) is 5.75 Å². The standard InChI is InChI=1S/C12H13ClF3NO3/c1-2-19-11(18)9(17)6-7-3-4-10(8(13)5-7)20-12(14,15)16/h3-5,9H,2,6,17H2,1H3. The number of hydrogen-bond acceptors (Lipinski definition) is 4. The number of carbonyl (C=O) groups is 1. The molecule has 2 N–H and O–H groups in total. The van der Waals surface area contributed by atoms with Crippen LogP contribution in [0.2, 0.25) is 5.02 Å². The molecular weight excluding hydrogens is 299 g/mol. The van der Waals surface area contributed by atoms with Gasteiger partial charge in [0.25, 0.3) is 0 Å². The summed E-state index contributed by atoms with van der Waals surface area (Å²) in [6.45, 7) is 1.84. The van der Waals surface area contributed by atoms with E-state index in [9.17, 15) is 18.0 Å². The molecule has 112 valence electrons. The van der Waals surface area contributed by atoms with Gasteiger partial charge in [0.2, 0.25) is 0 Å². The first kappa shape index (κ1) is 16.6. The summed E-state index contributed by atoms with van der Waals surface area (Å²) in [6, 6.07) is 2.79. The third kappa shape index (κ3) is 5.26. The summed E-state index contributed by atoms with van der Waals surface area (Å²) in [5, 5.41) is -0.212. The Morgan fingerprint density at radius 3 is 2.60 bits per heavy atom. The average Bonchev–Trinajstić information content (AvgIpc) is 2.31. The largest absolute Gasteiger partial charge is 0.573 e. The minimum absolute atomic E-state index is 0.102. The number of esters is 1. The number of benzene rings is 1. The fourth-order valence-electron chi connectivity index (χ4n) is 1.47. The second-order valence-corrected chi connectivity index (χ2v) is 4.28. The molecule has 0 spiro atoms. The molecule has 0 fully saturated rings. The monoisotopic (exact) mass is 311 g/mol. The molecule has 0 radical (unpaired) electrons. The maximum Gasteiger partial charge on any atom is 0.573 e. The lowest BCUT2D eigenvalue weighted by atomic mass is 10.1. The number of hydrogen-bond donors (Lipinski definition) is 1. The summed E-state index contributed by atoms with van der Waals surface area (Å²) in [7, 11) is 0. The lowest BCUT2D eigenvalue weighted by Crippen LogP contribution is -2.34. The van der Waals surface area contributed by atoms with Crippen molar-refractivity contribution in [2.75, 3.05) is 6.61 Å². The Kier molecular flexibility index (Phi) is 5.64. The molecule has 20 heavy (non-hydrogen) atoms. The van der Waals surface area contributed by atoms with Crippen LogP contribution in [-0.4, -0.2) is 25.0 Å². The molecule has 1 unspecified atom stereocenters. The number of alkyl halides is 3. The predicted octanol–water partition coefficient (Wildman–Crippen LogP) is 2.67. The maximum atomic E-state index is 12.1. The van der Waals surface area contributed by atoms with Crippen LogP contribution in [0.1, 0.15) is 12.5 Å². The summed E-state index contributed by atoms with van der Waals surface area (Å²) in [5.74, 6) is -1.09. The second kappa shape index (κ2) is 6.81. The summed E-state index contributed by atoms with van der Waals surface area (Å²) in [5.41, 5.74) is 6.10. The Balaban J connectivity index is 2.75. The highest BCUT2D eigenvalue weighted by molar-refractivity contribution is 6.32. The summed E-state index contributed by atoms with van der Waals surface area (Å²) < 4.78 is 44.6. The molecule has 1 rings (SSSR count). The fourth-order valence-corrected chi connectivity index (χ4v) is 1.71. The Hall–Kier alpha value is -1.47. The third-order valence-electron chi connectivity index (χ3n) is 2.27. The van der Waals surface area contributed by atoms with Crippen LogP contribution in [0.25, 0.3) is 0 Å². The van der Waals surface area contributed by atoms with Gasteiger partial charge in [0.05, 0.1) is 11.6 Å². The average molecular weight is 312 g/mol. The van der Waals surface area contributed by atoms with Gasteiger partial charge in [-0.05, 0) is 31.0 Å². The van der Waals surface area contributed by atoms with Crippen LogP contribution in [0.4, 0.5) is 13.2 Å². The molecule has 8 heteroatoms. The van der Waals surface area contributed by atoms with Crippen molar-refractivity contribution in [2.24, 2.45) is 5.73 Å². The van der Waals surface area contributed by atoms with E-state index < -0.39 is 24.1 Å². The van der Waals surface area contributed by atoms with E-state index in [-0.39, 0.29) is 18.1 Å². The van der Waals surface area contributed by atoms with Gasteiger partial charge < -0.3 is 15.2 Å². The Morgan fingerprint density at radius 2 is 2.10 bits per heavy atom. The number of halogens is 4. The Morgan fingerprint density at radius 1 is 1.45 bits per heavy atom. The van der Waals surface area contributed by atoms with Gasteiger partial charge in [0.1, 0.15) is 11.8 Å². The van der Waals surface area contributed by atoms with Crippen LogP contribution < -0.4 is 10.5 Å². The van der Waals surface area contributed by atoms with E-state index in [2.05, 4.69) is 4.74 Å². The molecule has 0 aliphatic carbocycles. The molecule has 4 nitrogen and oxygen atoms in total.